The van der Waals surface area contributed by atoms with Crippen molar-refractivity contribution in [2.45, 2.75) is 6.54 Å². The van der Waals surface area contributed by atoms with Crippen LogP contribution in [0.5, 0.6) is 0 Å². The topological polar surface area (TPSA) is 118 Å². The Balaban J connectivity index is 1.37. The lowest BCUT2D eigenvalue weighted by molar-refractivity contribution is 0.0942. The largest absolute Gasteiger partial charge is 0.349 e. The molecule has 3 heterocycles. The number of nitrogens with two attached hydrogens (primary N) is 1. The molecule has 1 fully saturated rings. The third-order valence-electron chi connectivity index (χ3n) is 4.05. The van der Waals surface area contributed by atoms with Crippen LogP contribution >= 0.6 is 0 Å². The fourth-order valence-corrected chi connectivity index (χ4v) is 2.69. The van der Waals surface area contributed by atoms with Gasteiger partial charge in [0.25, 0.3) is 5.91 Å². The summed E-state index contributed by atoms with van der Waals surface area (Å²) >= 11 is 0. The summed E-state index contributed by atoms with van der Waals surface area (Å²) in [5, 5.41) is 10.6. The van der Waals surface area contributed by atoms with E-state index in [2.05, 4.69) is 35.4 Å². The fourth-order valence-electron chi connectivity index (χ4n) is 2.69. The van der Waals surface area contributed by atoms with Crippen LogP contribution in [-0.4, -0.2) is 81.6 Å². The van der Waals surface area contributed by atoms with Gasteiger partial charge in [0, 0.05) is 58.2 Å². The average Bonchev–Trinajstić information content (AvgIpc) is 3.12. The summed E-state index contributed by atoms with van der Waals surface area (Å²) in [6.07, 6.45) is 5.13. The van der Waals surface area contributed by atoms with Gasteiger partial charge in [-0.15, -0.1) is 5.10 Å². The molecular formula is C15H23N9O. The summed E-state index contributed by atoms with van der Waals surface area (Å²) in [6, 6.07) is 1.82. The lowest BCUT2D eigenvalue weighted by Crippen LogP contribution is -2.49. The number of aromatic nitrogens is 5. The fraction of sp³-hybridized carbons (Fsp3) is 0.533. The number of hydrogen-bond donors (Lipinski definition) is 2. The molecule has 0 unspecified atom stereocenters. The highest BCUT2D eigenvalue weighted by Crippen LogP contribution is 2.09. The van der Waals surface area contributed by atoms with E-state index in [4.69, 9.17) is 5.73 Å². The molecule has 0 aromatic carbocycles. The van der Waals surface area contributed by atoms with Crippen LogP contribution in [0, 0.1) is 0 Å². The van der Waals surface area contributed by atoms with Gasteiger partial charge in [-0.3, -0.25) is 14.4 Å². The molecule has 10 heteroatoms. The Morgan fingerprint density at radius 3 is 2.64 bits per heavy atom. The van der Waals surface area contributed by atoms with Crippen molar-refractivity contribution in [1.29, 1.82) is 0 Å². The van der Waals surface area contributed by atoms with E-state index < -0.39 is 0 Å². The second-order valence-corrected chi connectivity index (χ2v) is 5.79. The number of nitrogens with zero attached hydrogens (tertiary/aromatic N) is 7. The molecule has 134 valence electrons. The van der Waals surface area contributed by atoms with Gasteiger partial charge in [0.05, 0.1) is 12.7 Å². The Morgan fingerprint density at radius 1 is 1.16 bits per heavy atom. The Bertz CT molecular complexity index is 667. The minimum Gasteiger partial charge on any atom is -0.349 e. The van der Waals surface area contributed by atoms with E-state index in [0.29, 0.717) is 25.3 Å². The van der Waals surface area contributed by atoms with Crippen LogP contribution in [-0.2, 0) is 6.54 Å². The summed E-state index contributed by atoms with van der Waals surface area (Å²) in [7, 11) is 0. The van der Waals surface area contributed by atoms with Gasteiger partial charge in [-0.25, -0.2) is 9.97 Å². The first kappa shape index (κ1) is 17.2. The number of piperazine rings is 1. The molecule has 0 bridgehead atoms. The van der Waals surface area contributed by atoms with Crippen LogP contribution in [0.15, 0.2) is 24.7 Å². The van der Waals surface area contributed by atoms with Gasteiger partial charge in [0.1, 0.15) is 0 Å². The molecule has 2 aromatic heterocycles. The smallest absolute Gasteiger partial charge is 0.273 e. The van der Waals surface area contributed by atoms with E-state index >= 15 is 0 Å². The van der Waals surface area contributed by atoms with Crippen molar-refractivity contribution in [2.24, 2.45) is 5.73 Å². The van der Waals surface area contributed by atoms with Crippen molar-refractivity contribution in [1.82, 2.24) is 35.2 Å². The number of hydrogen-bond acceptors (Lipinski definition) is 8. The van der Waals surface area contributed by atoms with Gasteiger partial charge in [0.15, 0.2) is 5.69 Å². The van der Waals surface area contributed by atoms with Crippen LogP contribution in [0.4, 0.5) is 5.95 Å². The first-order chi connectivity index (χ1) is 12.3. The summed E-state index contributed by atoms with van der Waals surface area (Å²) in [6.45, 7) is 5.98. The molecule has 2 aromatic rings. The molecule has 1 aliphatic rings. The van der Waals surface area contributed by atoms with Gasteiger partial charge < -0.3 is 16.0 Å². The maximum atomic E-state index is 12.0. The zero-order chi connectivity index (χ0) is 17.5. The predicted octanol–water partition coefficient (Wildman–Crippen LogP) is -1.42. The van der Waals surface area contributed by atoms with Gasteiger partial charge in [-0.05, 0) is 6.07 Å². The SMILES string of the molecule is NCCn1cc(C(=O)NCCN2CCN(c3ncccn3)CC2)nn1. The Morgan fingerprint density at radius 2 is 1.92 bits per heavy atom. The quantitative estimate of drug-likeness (QED) is 0.628. The maximum Gasteiger partial charge on any atom is 0.273 e. The number of rotatable bonds is 7. The maximum absolute atomic E-state index is 12.0. The lowest BCUT2D eigenvalue weighted by Gasteiger charge is -2.34. The van der Waals surface area contributed by atoms with Crippen LogP contribution in [0.25, 0.3) is 0 Å². The number of nitrogens with one attached hydrogen (secondary N) is 1. The summed E-state index contributed by atoms with van der Waals surface area (Å²) in [5.74, 6) is 0.565. The molecule has 25 heavy (non-hydrogen) atoms. The molecule has 0 spiro atoms. The molecule has 0 radical (unpaired) electrons. The van der Waals surface area contributed by atoms with Crippen molar-refractivity contribution >= 4 is 11.9 Å². The molecule has 1 saturated heterocycles. The van der Waals surface area contributed by atoms with Crippen molar-refractivity contribution in [3.63, 3.8) is 0 Å². The van der Waals surface area contributed by atoms with Crippen LogP contribution < -0.4 is 16.0 Å². The van der Waals surface area contributed by atoms with Crippen molar-refractivity contribution < 1.29 is 4.79 Å². The number of anilines is 1. The van der Waals surface area contributed by atoms with Crippen LogP contribution in [0.1, 0.15) is 10.5 Å². The Hall–Kier alpha value is -2.59. The third-order valence-corrected chi connectivity index (χ3v) is 4.05. The molecule has 1 amide bonds. The number of carbonyl (C=O) groups excluding carboxylic acids is 1. The highest BCUT2D eigenvalue weighted by Gasteiger charge is 2.18. The van der Waals surface area contributed by atoms with E-state index in [1.807, 2.05) is 6.07 Å². The van der Waals surface area contributed by atoms with Crippen LogP contribution in [0.2, 0.25) is 0 Å². The van der Waals surface area contributed by atoms with Gasteiger partial charge in [-0.1, -0.05) is 5.21 Å². The number of carbonyl (C=O) groups is 1. The van der Waals surface area contributed by atoms with Crippen molar-refractivity contribution in [3.8, 4) is 0 Å². The Labute approximate surface area is 146 Å². The van der Waals surface area contributed by atoms with E-state index in [1.165, 1.54) is 0 Å². The zero-order valence-electron chi connectivity index (χ0n) is 14.1. The second kappa shape index (κ2) is 8.49. The van der Waals surface area contributed by atoms with E-state index in [1.54, 1.807) is 23.3 Å². The summed E-state index contributed by atoms with van der Waals surface area (Å²) < 4.78 is 1.57. The minimum atomic E-state index is -0.209. The minimum absolute atomic E-state index is 0.209. The molecular weight excluding hydrogens is 322 g/mol. The molecule has 1 aliphatic heterocycles. The van der Waals surface area contributed by atoms with Gasteiger partial charge in [0.2, 0.25) is 5.95 Å². The summed E-state index contributed by atoms with van der Waals surface area (Å²) in [5.41, 5.74) is 5.77. The van der Waals surface area contributed by atoms with E-state index in [-0.39, 0.29) is 5.91 Å². The zero-order valence-corrected chi connectivity index (χ0v) is 14.1. The van der Waals surface area contributed by atoms with Gasteiger partial charge >= 0.3 is 0 Å². The van der Waals surface area contributed by atoms with Crippen molar-refractivity contribution in [2.75, 3.05) is 50.7 Å². The van der Waals surface area contributed by atoms with E-state index in [9.17, 15) is 4.79 Å². The first-order valence-corrected chi connectivity index (χ1v) is 8.39. The first-order valence-electron chi connectivity index (χ1n) is 8.39. The van der Waals surface area contributed by atoms with Gasteiger partial charge in [-0.2, -0.15) is 0 Å². The highest BCUT2D eigenvalue weighted by atomic mass is 16.2. The van der Waals surface area contributed by atoms with E-state index in [0.717, 1.165) is 38.7 Å². The van der Waals surface area contributed by atoms with Crippen LogP contribution in [0.3, 0.4) is 0 Å². The van der Waals surface area contributed by atoms with Crippen molar-refractivity contribution in [3.05, 3.63) is 30.4 Å². The molecule has 0 saturated carbocycles. The predicted molar refractivity (Wildman–Crippen MR) is 92.1 cm³/mol. The molecule has 0 atom stereocenters. The number of amides is 1. The lowest BCUT2D eigenvalue weighted by atomic mass is 10.3. The average molecular weight is 345 g/mol. The monoisotopic (exact) mass is 345 g/mol. The third kappa shape index (κ3) is 4.70. The molecule has 10 nitrogen and oxygen atoms in total. The normalized spacial score (nSPS) is 15.3. The molecule has 0 aliphatic carbocycles. The Kier molecular flexibility index (Phi) is 5.86. The molecule has 3 rings (SSSR count). The summed E-state index contributed by atoms with van der Waals surface area (Å²) in [4.78, 5) is 25.1. The standard InChI is InChI=1S/C15H23N9O/c16-2-6-24-12-13(20-21-24)14(25)17-5-7-22-8-10-23(11-9-22)15-18-3-1-4-19-15/h1,3-4,12H,2,5-11,16H2,(H,17,25). The second-order valence-electron chi connectivity index (χ2n) is 5.79. The molecule has 3 N–H and O–H groups in total. The highest BCUT2D eigenvalue weighted by molar-refractivity contribution is 5.91.